The number of anilines is 1. The molecule has 0 bridgehead atoms. The highest BCUT2D eigenvalue weighted by molar-refractivity contribution is 5.96. The summed E-state index contributed by atoms with van der Waals surface area (Å²) in [5, 5.41) is 13.1. The Morgan fingerprint density at radius 2 is 1.45 bits per heavy atom. The van der Waals surface area contributed by atoms with Crippen LogP contribution in [0, 0.1) is 11.8 Å². The summed E-state index contributed by atoms with van der Waals surface area (Å²) in [5.41, 5.74) is 1.17. The second-order valence-electron chi connectivity index (χ2n) is 12.6. The zero-order valence-corrected chi connectivity index (χ0v) is 30.5. The summed E-state index contributed by atoms with van der Waals surface area (Å²) >= 11 is 0. The molecule has 1 rings (SSSR count). The molecule has 0 spiro atoms. The van der Waals surface area contributed by atoms with Gasteiger partial charge in [0, 0.05) is 45.1 Å². The fraction of sp³-hybridized carbons (Fsp3) is 0.629. The van der Waals surface area contributed by atoms with Crippen molar-refractivity contribution in [1.82, 2.24) is 26.2 Å². The molecular formula is C35H56N6O10. The zero-order chi connectivity index (χ0) is 38.0. The Hall–Kier alpha value is -4.57. The molecule has 0 aromatic heterocycles. The van der Waals surface area contributed by atoms with Gasteiger partial charge in [0.05, 0.1) is 39.5 Å². The molecular weight excluding hydrogens is 664 g/mol. The van der Waals surface area contributed by atoms with Crippen LogP contribution in [0.15, 0.2) is 24.3 Å². The lowest BCUT2D eigenvalue weighted by molar-refractivity contribution is -0.131. The number of hydrogen-bond acceptors (Lipinski definition) is 10. The molecule has 1 aromatic carbocycles. The molecule has 1 unspecified atom stereocenters. The average Bonchev–Trinajstić information content (AvgIpc) is 3.09. The van der Waals surface area contributed by atoms with Crippen LogP contribution in [0.25, 0.3) is 0 Å². The van der Waals surface area contributed by atoms with Gasteiger partial charge in [0.1, 0.15) is 18.9 Å². The molecule has 0 saturated carbocycles. The summed E-state index contributed by atoms with van der Waals surface area (Å²) in [5.74, 6) is -1.51. The maximum absolute atomic E-state index is 12.8. The lowest BCUT2D eigenvalue weighted by Crippen LogP contribution is -2.51. The summed E-state index contributed by atoms with van der Waals surface area (Å²) in [6, 6.07) is 5.76. The van der Waals surface area contributed by atoms with E-state index in [1.54, 1.807) is 38.1 Å². The monoisotopic (exact) mass is 720 g/mol. The normalized spacial score (nSPS) is 11.4. The molecule has 0 aliphatic rings. The van der Waals surface area contributed by atoms with Gasteiger partial charge in [-0.2, -0.15) is 0 Å². The minimum atomic E-state index is -0.860. The van der Waals surface area contributed by atoms with Gasteiger partial charge in [0.2, 0.25) is 29.5 Å². The van der Waals surface area contributed by atoms with Gasteiger partial charge in [-0.3, -0.25) is 24.0 Å². The van der Waals surface area contributed by atoms with Crippen molar-refractivity contribution < 1.29 is 47.8 Å². The third kappa shape index (κ3) is 22.0. The Labute approximate surface area is 300 Å². The number of amides is 6. The Kier molecular flexibility index (Phi) is 22.9. The molecule has 0 saturated heterocycles. The predicted molar refractivity (Wildman–Crippen MR) is 189 cm³/mol. The van der Waals surface area contributed by atoms with Gasteiger partial charge >= 0.3 is 6.09 Å². The van der Waals surface area contributed by atoms with Crippen LogP contribution >= 0.6 is 0 Å². The predicted octanol–water partition coefficient (Wildman–Crippen LogP) is 1.52. The Balaban J connectivity index is 2.22. The van der Waals surface area contributed by atoms with Crippen LogP contribution in [0.2, 0.25) is 0 Å². The molecule has 1 atom stereocenters. The number of hydrogen-bond donors (Lipinski definition) is 5. The molecule has 5 N–H and O–H groups in total. The van der Waals surface area contributed by atoms with Crippen molar-refractivity contribution in [2.45, 2.75) is 72.4 Å². The van der Waals surface area contributed by atoms with Crippen molar-refractivity contribution >= 4 is 47.6 Å². The van der Waals surface area contributed by atoms with Crippen molar-refractivity contribution in [2.24, 2.45) is 11.8 Å². The highest BCUT2D eigenvalue weighted by atomic mass is 16.6. The largest absolute Gasteiger partial charge is 0.445 e. The van der Waals surface area contributed by atoms with E-state index >= 15 is 0 Å². The maximum atomic E-state index is 12.8. The second-order valence-corrected chi connectivity index (χ2v) is 12.6. The van der Waals surface area contributed by atoms with E-state index in [1.165, 1.54) is 11.9 Å². The third-order valence-corrected chi connectivity index (χ3v) is 7.23. The fourth-order valence-corrected chi connectivity index (χ4v) is 4.29. The maximum Gasteiger partial charge on any atom is 0.409 e. The highest BCUT2D eigenvalue weighted by Crippen LogP contribution is 2.11. The first-order valence-electron chi connectivity index (χ1n) is 17.3. The summed E-state index contributed by atoms with van der Waals surface area (Å²) in [6.45, 7) is 8.75. The number of ether oxygens (including phenoxy) is 3. The van der Waals surface area contributed by atoms with E-state index in [1.807, 2.05) is 0 Å². The molecule has 16 heteroatoms. The van der Waals surface area contributed by atoms with E-state index in [-0.39, 0.29) is 95.7 Å². The topological polar surface area (TPSA) is 211 Å². The summed E-state index contributed by atoms with van der Waals surface area (Å²) in [4.78, 5) is 84.9. The Bertz CT molecular complexity index is 1240. The lowest BCUT2D eigenvalue weighted by atomic mass is 10.0. The van der Waals surface area contributed by atoms with Crippen molar-refractivity contribution in [3.8, 4) is 0 Å². The van der Waals surface area contributed by atoms with E-state index < -0.39 is 23.9 Å². The molecule has 1 aromatic rings. The molecule has 0 radical (unpaired) electrons. The van der Waals surface area contributed by atoms with E-state index in [0.29, 0.717) is 23.6 Å². The minimum Gasteiger partial charge on any atom is -0.445 e. The van der Waals surface area contributed by atoms with Gasteiger partial charge in [-0.1, -0.05) is 46.2 Å². The van der Waals surface area contributed by atoms with Gasteiger partial charge in [-0.15, -0.1) is 0 Å². The molecule has 286 valence electrons. The third-order valence-electron chi connectivity index (χ3n) is 7.23. The SMILES string of the molecule is CC(C)CCCC(=O)NCC(=O)NCCOCCOCCC(=O)NC(C(=O)NCC(=O)Nc1ccc(COC(=O)N(C)CCC=O)cc1)C(C)C. The average molecular weight is 721 g/mol. The number of benzene rings is 1. The van der Waals surface area contributed by atoms with Crippen molar-refractivity contribution in [3.63, 3.8) is 0 Å². The molecule has 0 aliphatic carbocycles. The van der Waals surface area contributed by atoms with Crippen molar-refractivity contribution in [3.05, 3.63) is 29.8 Å². The lowest BCUT2D eigenvalue weighted by Gasteiger charge is -2.21. The summed E-state index contributed by atoms with van der Waals surface area (Å²) < 4.78 is 16.0. The van der Waals surface area contributed by atoms with Crippen LogP contribution in [0.1, 0.15) is 65.4 Å². The zero-order valence-electron chi connectivity index (χ0n) is 30.5. The second kappa shape index (κ2) is 26.3. The van der Waals surface area contributed by atoms with E-state index in [9.17, 15) is 33.6 Å². The fourth-order valence-electron chi connectivity index (χ4n) is 4.29. The summed E-state index contributed by atoms with van der Waals surface area (Å²) in [6.07, 6.45) is 2.56. The van der Waals surface area contributed by atoms with Crippen LogP contribution in [-0.2, 0) is 49.6 Å². The van der Waals surface area contributed by atoms with Crippen molar-refractivity contribution in [2.75, 3.05) is 65.0 Å². The first-order valence-corrected chi connectivity index (χ1v) is 17.3. The van der Waals surface area contributed by atoms with Crippen LogP contribution in [0.5, 0.6) is 0 Å². The van der Waals surface area contributed by atoms with Gasteiger partial charge in [0.15, 0.2) is 0 Å². The molecule has 16 nitrogen and oxygen atoms in total. The van der Waals surface area contributed by atoms with Gasteiger partial charge in [-0.25, -0.2) is 4.79 Å². The van der Waals surface area contributed by atoms with E-state index in [2.05, 4.69) is 40.4 Å². The van der Waals surface area contributed by atoms with E-state index in [4.69, 9.17) is 14.2 Å². The number of carbonyl (C=O) groups is 7. The number of carbonyl (C=O) groups excluding carboxylic acids is 7. The highest BCUT2D eigenvalue weighted by Gasteiger charge is 2.24. The minimum absolute atomic E-state index is 0.0162. The van der Waals surface area contributed by atoms with Crippen molar-refractivity contribution in [1.29, 1.82) is 0 Å². The van der Waals surface area contributed by atoms with E-state index in [0.717, 1.165) is 19.1 Å². The quantitative estimate of drug-likeness (QED) is 0.0688. The van der Waals surface area contributed by atoms with Gasteiger partial charge in [0.25, 0.3) is 0 Å². The molecule has 51 heavy (non-hydrogen) atoms. The number of rotatable bonds is 26. The molecule has 0 fully saturated rings. The number of aldehydes is 1. The number of nitrogens with zero attached hydrogens (tertiary/aromatic N) is 1. The number of nitrogens with one attached hydrogen (secondary N) is 5. The first-order chi connectivity index (χ1) is 24.3. The Morgan fingerprint density at radius 1 is 0.784 bits per heavy atom. The smallest absolute Gasteiger partial charge is 0.409 e. The first kappa shape index (κ1) is 44.5. The van der Waals surface area contributed by atoms with Crippen LogP contribution in [0.3, 0.4) is 0 Å². The summed E-state index contributed by atoms with van der Waals surface area (Å²) in [7, 11) is 1.54. The molecule has 6 amide bonds. The Morgan fingerprint density at radius 3 is 2.10 bits per heavy atom. The van der Waals surface area contributed by atoms with Crippen LogP contribution < -0.4 is 26.6 Å². The standard InChI is InChI=1S/C35H56N6O10/c1-25(2)8-6-9-29(43)37-22-31(45)36-15-19-50-21-20-49-18-14-30(44)40-33(26(3)4)34(47)38-23-32(46)39-28-12-10-27(11-13-28)24-51-35(48)41(5)16-7-17-42/h10-13,17,25-26,33H,6-9,14-16,18-24H2,1-5H3,(H,36,45)(H,37,43)(H,38,47)(H,39,46)(H,40,44). The molecule has 0 aliphatic heterocycles. The van der Waals surface area contributed by atoms with Crippen LogP contribution in [0.4, 0.5) is 10.5 Å². The van der Waals surface area contributed by atoms with Crippen LogP contribution in [-0.4, -0.2) is 113 Å². The van der Waals surface area contributed by atoms with Gasteiger partial charge < -0.3 is 50.5 Å². The van der Waals surface area contributed by atoms with Gasteiger partial charge in [-0.05, 0) is 36.0 Å². The molecule has 0 heterocycles.